The second-order valence-electron chi connectivity index (χ2n) is 6.61. The zero-order valence-electron chi connectivity index (χ0n) is 14.7. The molecule has 0 N–H and O–H groups in total. The maximum Gasteiger partial charge on any atom is 0.268 e. The number of halogens is 1. The molecule has 2 aromatic carbocycles. The highest BCUT2D eigenvalue weighted by Gasteiger charge is 2.16. The Bertz CT molecular complexity index is 1420. The number of hydrogen-bond donors (Lipinski definition) is 0. The number of aromatic nitrogens is 3. The number of benzene rings is 2. The molecular weight excluding hydrogens is 378 g/mol. The van der Waals surface area contributed by atoms with Crippen molar-refractivity contribution in [3.05, 3.63) is 74.5 Å². The lowest BCUT2D eigenvalue weighted by Gasteiger charge is -2.08. The van der Waals surface area contributed by atoms with Crippen molar-refractivity contribution >= 4 is 49.7 Å². The topological polar surface area (TPSA) is 47.3 Å². The first kappa shape index (κ1) is 16.4. The van der Waals surface area contributed by atoms with Gasteiger partial charge < -0.3 is 0 Å². The van der Waals surface area contributed by atoms with Crippen LogP contribution in [0.2, 0.25) is 5.02 Å². The molecule has 0 saturated heterocycles. The minimum absolute atomic E-state index is 0.103. The van der Waals surface area contributed by atoms with E-state index in [1.165, 1.54) is 16.9 Å². The van der Waals surface area contributed by atoms with Crippen molar-refractivity contribution in [2.45, 2.75) is 13.8 Å². The summed E-state index contributed by atoms with van der Waals surface area (Å²) in [5.41, 5.74) is 5.26. The molecule has 0 fully saturated rings. The summed E-state index contributed by atoms with van der Waals surface area (Å²) in [6.45, 7) is 3.97. The molecule has 0 atom stereocenters. The molecule has 4 nitrogen and oxygen atoms in total. The summed E-state index contributed by atoms with van der Waals surface area (Å²) in [6.07, 6.45) is 1.61. The van der Waals surface area contributed by atoms with E-state index < -0.39 is 0 Å². The van der Waals surface area contributed by atoms with E-state index in [1.807, 2.05) is 55.6 Å². The lowest BCUT2D eigenvalue weighted by molar-refractivity contribution is 1.12. The maximum atomic E-state index is 13.3. The summed E-state index contributed by atoms with van der Waals surface area (Å²) >= 11 is 7.69. The second-order valence-corrected chi connectivity index (χ2v) is 7.85. The van der Waals surface area contributed by atoms with Gasteiger partial charge in [0.15, 0.2) is 4.96 Å². The van der Waals surface area contributed by atoms with Crippen LogP contribution in [0.1, 0.15) is 11.1 Å². The smallest absolute Gasteiger partial charge is 0.268 e. The molecule has 3 heterocycles. The van der Waals surface area contributed by atoms with Crippen molar-refractivity contribution in [2.75, 3.05) is 0 Å². The Labute approximate surface area is 163 Å². The maximum absolute atomic E-state index is 13.3. The van der Waals surface area contributed by atoms with Crippen LogP contribution in [-0.2, 0) is 0 Å². The molecule has 0 aliphatic rings. The number of fused-ring (bicyclic) bond motifs is 4. The van der Waals surface area contributed by atoms with E-state index in [2.05, 4.69) is 4.98 Å². The molecule has 27 heavy (non-hydrogen) atoms. The van der Waals surface area contributed by atoms with Gasteiger partial charge in [0, 0.05) is 22.0 Å². The Morgan fingerprint density at radius 1 is 1.00 bits per heavy atom. The molecule has 0 amide bonds. The Kier molecular flexibility index (Phi) is 3.57. The van der Waals surface area contributed by atoms with E-state index in [-0.39, 0.29) is 5.56 Å². The normalized spacial score (nSPS) is 11.7. The molecule has 0 aliphatic heterocycles. The third kappa shape index (κ3) is 2.39. The van der Waals surface area contributed by atoms with Crippen LogP contribution in [0.5, 0.6) is 0 Å². The van der Waals surface area contributed by atoms with E-state index in [0.717, 1.165) is 27.7 Å². The number of rotatable bonds is 1. The van der Waals surface area contributed by atoms with Gasteiger partial charge in [-0.2, -0.15) is 0 Å². The lowest BCUT2D eigenvalue weighted by Crippen LogP contribution is -2.15. The van der Waals surface area contributed by atoms with Crippen molar-refractivity contribution in [2.24, 2.45) is 0 Å². The van der Waals surface area contributed by atoms with E-state index in [1.54, 1.807) is 10.6 Å². The molecule has 132 valence electrons. The van der Waals surface area contributed by atoms with Gasteiger partial charge in [0.2, 0.25) is 0 Å². The third-order valence-electron chi connectivity index (χ3n) is 4.89. The van der Waals surface area contributed by atoms with Crippen molar-refractivity contribution in [1.29, 1.82) is 0 Å². The predicted molar refractivity (Wildman–Crippen MR) is 112 cm³/mol. The second kappa shape index (κ2) is 5.87. The number of aryl methyl sites for hydroxylation is 2. The summed E-state index contributed by atoms with van der Waals surface area (Å²) in [4.78, 5) is 23.2. The predicted octanol–water partition coefficient (Wildman–Crippen LogP) is 5.39. The summed E-state index contributed by atoms with van der Waals surface area (Å²) in [6, 6.07) is 11.8. The van der Waals surface area contributed by atoms with Crippen LogP contribution in [0, 0.1) is 13.8 Å². The van der Waals surface area contributed by atoms with Crippen molar-refractivity contribution in [3.63, 3.8) is 0 Å². The van der Waals surface area contributed by atoms with Gasteiger partial charge in [-0.1, -0.05) is 41.4 Å². The van der Waals surface area contributed by atoms with Gasteiger partial charge in [-0.05, 0) is 37.1 Å². The highest BCUT2D eigenvalue weighted by Crippen LogP contribution is 2.30. The van der Waals surface area contributed by atoms with Crippen LogP contribution in [0.4, 0.5) is 0 Å². The van der Waals surface area contributed by atoms with Crippen LogP contribution in [0.15, 0.2) is 52.8 Å². The molecule has 0 spiro atoms. The minimum Gasteiger partial charge on any atom is -0.268 e. The van der Waals surface area contributed by atoms with Crippen molar-refractivity contribution < 1.29 is 0 Å². The summed E-state index contributed by atoms with van der Waals surface area (Å²) < 4.78 is 1.67. The largest absolute Gasteiger partial charge is 0.268 e. The van der Waals surface area contributed by atoms with Gasteiger partial charge in [0.05, 0.1) is 22.1 Å². The first-order valence-corrected chi connectivity index (χ1v) is 9.75. The molecule has 5 aromatic rings. The van der Waals surface area contributed by atoms with Crippen LogP contribution in [0.3, 0.4) is 0 Å². The zero-order valence-corrected chi connectivity index (χ0v) is 16.2. The summed E-state index contributed by atoms with van der Waals surface area (Å²) in [7, 11) is 0. The van der Waals surface area contributed by atoms with E-state index in [4.69, 9.17) is 16.6 Å². The van der Waals surface area contributed by atoms with Crippen molar-refractivity contribution in [3.8, 4) is 11.3 Å². The SMILES string of the molecule is Cc1ccc(-c2csc3nc4c(cnc5c(C)c(Cl)ccc54)c(=O)n23)cc1. The average molecular weight is 392 g/mol. The third-order valence-corrected chi connectivity index (χ3v) is 6.13. The fraction of sp³-hybridized carbons (Fsp3) is 0.0952. The summed E-state index contributed by atoms with van der Waals surface area (Å²) in [5.74, 6) is 0. The van der Waals surface area contributed by atoms with E-state index >= 15 is 0 Å². The molecule has 0 bridgehead atoms. The molecule has 0 radical (unpaired) electrons. The first-order chi connectivity index (χ1) is 13.0. The molecule has 5 rings (SSSR count). The molecule has 3 aromatic heterocycles. The number of nitrogens with zero attached hydrogens (tertiary/aromatic N) is 3. The fourth-order valence-corrected chi connectivity index (χ4v) is 4.41. The van der Waals surface area contributed by atoms with Gasteiger partial charge in [-0.3, -0.25) is 14.2 Å². The lowest BCUT2D eigenvalue weighted by atomic mass is 10.1. The Balaban J connectivity index is 1.89. The van der Waals surface area contributed by atoms with E-state index in [0.29, 0.717) is 20.9 Å². The minimum atomic E-state index is -0.103. The highest BCUT2D eigenvalue weighted by atomic mass is 35.5. The Hall–Kier alpha value is -2.76. The molecule has 0 unspecified atom stereocenters. The average Bonchev–Trinajstić information content (AvgIpc) is 3.09. The van der Waals surface area contributed by atoms with Crippen LogP contribution in [-0.4, -0.2) is 14.4 Å². The Morgan fingerprint density at radius 3 is 2.56 bits per heavy atom. The quantitative estimate of drug-likeness (QED) is 0.360. The van der Waals surface area contributed by atoms with Gasteiger partial charge in [0.25, 0.3) is 5.56 Å². The van der Waals surface area contributed by atoms with E-state index in [9.17, 15) is 4.79 Å². The van der Waals surface area contributed by atoms with Gasteiger partial charge in [-0.15, -0.1) is 11.3 Å². The monoisotopic (exact) mass is 391 g/mol. The molecular formula is C21H14ClN3OS. The van der Waals surface area contributed by atoms with Crippen LogP contribution < -0.4 is 5.56 Å². The Morgan fingerprint density at radius 2 is 1.78 bits per heavy atom. The highest BCUT2D eigenvalue weighted by molar-refractivity contribution is 7.15. The van der Waals surface area contributed by atoms with Gasteiger partial charge >= 0.3 is 0 Å². The fourth-order valence-electron chi connectivity index (χ4n) is 3.37. The molecule has 0 aliphatic carbocycles. The number of pyridine rings is 1. The first-order valence-electron chi connectivity index (χ1n) is 8.49. The van der Waals surface area contributed by atoms with Gasteiger partial charge in [-0.25, -0.2) is 4.98 Å². The standard InChI is InChI=1S/C21H14ClN3OS/c1-11-3-5-13(6-4-11)17-10-27-21-24-19-14-7-8-16(22)12(2)18(14)23-9-15(19)20(26)25(17)21/h3-10H,1-2H3. The molecule has 0 saturated carbocycles. The molecule has 6 heteroatoms. The van der Waals surface area contributed by atoms with Gasteiger partial charge in [0.1, 0.15) is 0 Å². The number of thiazole rings is 1. The van der Waals surface area contributed by atoms with Crippen molar-refractivity contribution in [1.82, 2.24) is 14.4 Å². The summed E-state index contributed by atoms with van der Waals surface area (Å²) in [5, 5.41) is 3.99. The van der Waals surface area contributed by atoms with Crippen LogP contribution >= 0.6 is 22.9 Å². The zero-order chi connectivity index (χ0) is 18.7. The number of hydrogen-bond acceptors (Lipinski definition) is 4. The van der Waals surface area contributed by atoms with Crippen LogP contribution in [0.25, 0.3) is 38.0 Å².